The molecule has 0 radical (unpaired) electrons. The Morgan fingerprint density at radius 3 is 2.65 bits per heavy atom. The SMILES string of the molecule is CC(=O)CSc1nnc(-c2ccc(Br)o2)n1Cc1ccccc1. The number of hydrogen-bond donors (Lipinski definition) is 0. The van der Waals surface area contributed by atoms with E-state index < -0.39 is 0 Å². The van der Waals surface area contributed by atoms with Crippen molar-refractivity contribution in [2.75, 3.05) is 5.75 Å². The third-order valence-corrected chi connectivity index (χ3v) is 4.64. The summed E-state index contributed by atoms with van der Waals surface area (Å²) in [6.45, 7) is 2.18. The molecule has 0 aliphatic carbocycles. The fraction of sp³-hybridized carbons (Fsp3) is 0.188. The number of rotatable bonds is 6. The van der Waals surface area contributed by atoms with Crippen molar-refractivity contribution >= 4 is 33.5 Å². The Morgan fingerprint density at radius 1 is 1.22 bits per heavy atom. The normalized spacial score (nSPS) is 10.9. The van der Waals surface area contributed by atoms with E-state index in [1.54, 1.807) is 6.92 Å². The molecule has 3 rings (SSSR count). The highest BCUT2D eigenvalue weighted by atomic mass is 79.9. The Bertz CT molecular complexity index is 814. The number of hydrogen-bond acceptors (Lipinski definition) is 5. The van der Waals surface area contributed by atoms with E-state index in [4.69, 9.17) is 4.42 Å². The number of ketones is 1. The molecule has 0 N–H and O–H groups in total. The van der Waals surface area contributed by atoms with Gasteiger partial charge in [-0.3, -0.25) is 9.36 Å². The highest BCUT2D eigenvalue weighted by Gasteiger charge is 2.17. The lowest BCUT2D eigenvalue weighted by molar-refractivity contribution is -0.114. The minimum atomic E-state index is 0.103. The zero-order chi connectivity index (χ0) is 16.2. The molecule has 0 fully saturated rings. The second kappa shape index (κ2) is 7.14. The zero-order valence-corrected chi connectivity index (χ0v) is 14.8. The van der Waals surface area contributed by atoms with Gasteiger partial charge in [-0.05, 0) is 40.5 Å². The molecule has 0 saturated heterocycles. The Hall–Kier alpha value is -1.86. The summed E-state index contributed by atoms with van der Waals surface area (Å²) >= 11 is 4.69. The van der Waals surface area contributed by atoms with Gasteiger partial charge in [0.05, 0.1) is 12.3 Å². The molecule has 0 aliphatic heterocycles. The molecule has 2 heterocycles. The van der Waals surface area contributed by atoms with Crippen LogP contribution in [-0.2, 0) is 11.3 Å². The summed E-state index contributed by atoms with van der Waals surface area (Å²) in [5.41, 5.74) is 1.13. The number of thioether (sulfide) groups is 1. The molecular formula is C16H14BrN3O2S. The number of aromatic nitrogens is 3. The van der Waals surface area contributed by atoms with E-state index >= 15 is 0 Å². The number of Topliss-reactive ketones (excluding diaryl/α,β-unsaturated/α-hetero) is 1. The molecule has 1 aromatic carbocycles. The summed E-state index contributed by atoms with van der Waals surface area (Å²) in [4.78, 5) is 11.3. The maximum absolute atomic E-state index is 11.3. The van der Waals surface area contributed by atoms with Gasteiger partial charge in [-0.15, -0.1) is 10.2 Å². The van der Waals surface area contributed by atoms with Gasteiger partial charge in [-0.1, -0.05) is 42.1 Å². The summed E-state index contributed by atoms with van der Waals surface area (Å²) in [7, 11) is 0. The maximum atomic E-state index is 11.3. The largest absolute Gasteiger partial charge is 0.446 e. The van der Waals surface area contributed by atoms with Crippen LogP contribution < -0.4 is 0 Å². The number of carbonyl (C=O) groups excluding carboxylic acids is 1. The molecule has 0 saturated carbocycles. The van der Waals surface area contributed by atoms with Crippen LogP contribution in [0.25, 0.3) is 11.6 Å². The fourth-order valence-corrected chi connectivity index (χ4v) is 3.13. The van der Waals surface area contributed by atoms with Crippen molar-refractivity contribution in [1.29, 1.82) is 0 Å². The first-order valence-corrected chi connectivity index (χ1v) is 8.76. The van der Waals surface area contributed by atoms with Crippen molar-refractivity contribution < 1.29 is 9.21 Å². The molecule has 0 unspecified atom stereocenters. The smallest absolute Gasteiger partial charge is 0.200 e. The van der Waals surface area contributed by atoms with Gasteiger partial charge in [0.15, 0.2) is 15.6 Å². The van der Waals surface area contributed by atoms with Crippen LogP contribution in [0.15, 0.2) is 56.7 Å². The topological polar surface area (TPSA) is 60.9 Å². The van der Waals surface area contributed by atoms with E-state index in [-0.39, 0.29) is 5.78 Å². The first-order valence-electron chi connectivity index (χ1n) is 6.98. The van der Waals surface area contributed by atoms with Gasteiger partial charge in [0, 0.05) is 0 Å². The highest BCUT2D eigenvalue weighted by molar-refractivity contribution is 9.10. The molecule has 0 aliphatic rings. The molecule has 0 atom stereocenters. The van der Waals surface area contributed by atoms with E-state index in [1.807, 2.05) is 47.0 Å². The van der Waals surface area contributed by atoms with Crippen molar-refractivity contribution in [2.24, 2.45) is 0 Å². The molecular weight excluding hydrogens is 378 g/mol. The Morgan fingerprint density at radius 2 is 2.00 bits per heavy atom. The number of furan rings is 1. The third-order valence-electron chi connectivity index (χ3n) is 3.10. The van der Waals surface area contributed by atoms with E-state index in [0.717, 1.165) is 5.56 Å². The Balaban J connectivity index is 1.97. The van der Waals surface area contributed by atoms with Crippen LogP contribution in [0.5, 0.6) is 0 Å². The lowest BCUT2D eigenvalue weighted by Crippen LogP contribution is -2.05. The fourth-order valence-electron chi connectivity index (χ4n) is 2.09. The number of carbonyl (C=O) groups is 1. The van der Waals surface area contributed by atoms with Crippen LogP contribution >= 0.6 is 27.7 Å². The lowest BCUT2D eigenvalue weighted by atomic mass is 10.2. The van der Waals surface area contributed by atoms with Crippen LogP contribution in [0.3, 0.4) is 0 Å². The summed E-state index contributed by atoms with van der Waals surface area (Å²) in [5, 5.41) is 9.16. The molecule has 0 amide bonds. The number of nitrogens with zero attached hydrogens (tertiary/aromatic N) is 3. The predicted octanol–water partition coefficient (Wildman–Crippen LogP) is 4.03. The summed E-state index contributed by atoms with van der Waals surface area (Å²) in [6, 6.07) is 13.7. The minimum absolute atomic E-state index is 0.103. The summed E-state index contributed by atoms with van der Waals surface area (Å²) < 4.78 is 8.21. The van der Waals surface area contributed by atoms with Gasteiger partial charge < -0.3 is 4.42 Å². The molecule has 118 valence electrons. The van der Waals surface area contributed by atoms with Crippen LogP contribution in [-0.4, -0.2) is 26.3 Å². The molecule has 23 heavy (non-hydrogen) atoms. The van der Waals surface area contributed by atoms with E-state index in [9.17, 15) is 4.79 Å². The average molecular weight is 392 g/mol. The van der Waals surface area contributed by atoms with Gasteiger partial charge in [0.2, 0.25) is 5.82 Å². The van der Waals surface area contributed by atoms with Gasteiger partial charge >= 0.3 is 0 Å². The standard InChI is InChI=1S/C16H14BrN3O2S/c1-11(21)10-23-16-19-18-15(13-7-8-14(17)22-13)20(16)9-12-5-3-2-4-6-12/h2-8H,9-10H2,1H3. The van der Waals surface area contributed by atoms with Crippen LogP contribution in [0.1, 0.15) is 12.5 Å². The van der Waals surface area contributed by atoms with E-state index in [0.29, 0.717) is 33.7 Å². The van der Waals surface area contributed by atoms with Crippen LogP contribution in [0, 0.1) is 0 Å². The molecule has 0 bridgehead atoms. The lowest BCUT2D eigenvalue weighted by Gasteiger charge is -2.08. The zero-order valence-electron chi connectivity index (χ0n) is 12.4. The van der Waals surface area contributed by atoms with Crippen molar-refractivity contribution in [1.82, 2.24) is 14.8 Å². The second-order valence-electron chi connectivity index (χ2n) is 4.97. The second-order valence-corrected chi connectivity index (χ2v) is 6.70. The van der Waals surface area contributed by atoms with Gasteiger partial charge in [-0.2, -0.15) is 0 Å². The molecule has 7 heteroatoms. The Kier molecular flexibility index (Phi) is 4.97. The first kappa shape index (κ1) is 16.0. The number of benzene rings is 1. The minimum Gasteiger partial charge on any atom is -0.446 e. The van der Waals surface area contributed by atoms with E-state index in [2.05, 4.69) is 26.1 Å². The number of halogens is 1. The van der Waals surface area contributed by atoms with Crippen molar-refractivity contribution in [3.05, 3.63) is 52.7 Å². The van der Waals surface area contributed by atoms with Crippen molar-refractivity contribution in [2.45, 2.75) is 18.6 Å². The van der Waals surface area contributed by atoms with Crippen LogP contribution in [0.2, 0.25) is 0 Å². The highest BCUT2D eigenvalue weighted by Crippen LogP contribution is 2.28. The first-order chi connectivity index (χ1) is 11.1. The summed E-state index contributed by atoms with van der Waals surface area (Å²) in [6.07, 6.45) is 0. The monoisotopic (exact) mass is 391 g/mol. The predicted molar refractivity (Wildman–Crippen MR) is 92.4 cm³/mol. The summed E-state index contributed by atoms with van der Waals surface area (Å²) in [5.74, 6) is 1.75. The maximum Gasteiger partial charge on any atom is 0.200 e. The molecule has 3 aromatic rings. The third kappa shape index (κ3) is 3.92. The van der Waals surface area contributed by atoms with Crippen molar-refractivity contribution in [3.8, 4) is 11.6 Å². The molecule has 2 aromatic heterocycles. The molecule has 5 nitrogen and oxygen atoms in total. The van der Waals surface area contributed by atoms with Crippen LogP contribution in [0.4, 0.5) is 0 Å². The van der Waals surface area contributed by atoms with E-state index in [1.165, 1.54) is 11.8 Å². The Labute approximate surface area is 146 Å². The average Bonchev–Trinajstić information content (AvgIpc) is 3.12. The van der Waals surface area contributed by atoms with Gasteiger partial charge in [0.1, 0.15) is 5.78 Å². The van der Waals surface area contributed by atoms with Gasteiger partial charge in [0.25, 0.3) is 0 Å². The quantitative estimate of drug-likeness (QED) is 0.593. The van der Waals surface area contributed by atoms with Crippen molar-refractivity contribution in [3.63, 3.8) is 0 Å². The van der Waals surface area contributed by atoms with Gasteiger partial charge in [-0.25, -0.2) is 0 Å². The molecule has 0 spiro atoms.